The molecule has 4 rings (SSSR count). The first kappa shape index (κ1) is 16.3. The molecule has 0 radical (unpaired) electrons. The third-order valence-electron chi connectivity index (χ3n) is 5.57. The Morgan fingerprint density at radius 1 is 1.12 bits per heavy atom. The topological polar surface area (TPSA) is 51.0 Å². The average molecular weight is 338 g/mol. The van der Waals surface area contributed by atoms with Crippen molar-refractivity contribution in [3.8, 4) is 0 Å². The van der Waals surface area contributed by atoms with E-state index in [2.05, 4.69) is 38.7 Å². The van der Waals surface area contributed by atoms with E-state index in [1.807, 2.05) is 18.2 Å². The molecule has 1 aromatic heterocycles. The number of benzene rings is 1. The van der Waals surface area contributed by atoms with Gasteiger partial charge in [-0.3, -0.25) is 4.79 Å². The molecule has 0 saturated carbocycles. The van der Waals surface area contributed by atoms with Gasteiger partial charge in [0.2, 0.25) is 5.91 Å². The highest BCUT2D eigenvalue weighted by atomic mass is 16.2. The van der Waals surface area contributed by atoms with Gasteiger partial charge < -0.3 is 9.47 Å². The molecule has 2 aliphatic rings. The third-order valence-corrected chi connectivity index (χ3v) is 5.57. The van der Waals surface area contributed by atoms with Crippen molar-refractivity contribution in [1.82, 2.24) is 19.7 Å². The van der Waals surface area contributed by atoms with Gasteiger partial charge in [-0.15, -0.1) is 10.2 Å². The summed E-state index contributed by atoms with van der Waals surface area (Å²) >= 11 is 0. The number of aromatic nitrogens is 3. The van der Waals surface area contributed by atoms with E-state index in [4.69, 9.17) is 0 Å². The van der Waals surface area contributed by atoms with Crippen LogP contribution in [0.4, 0.5) is 0 Å². The van der Waals surface area contributed by atoms with Crippen molar-refractivity contribution < 1.29 is 4.79 Å². The standard InChI is InChI=1S/C20H26N4O/c1-2-6-18-21-22-19-13-16-10-11-17(14-23(18)19)24(16)20(25)12-9-15-7-4-3-5-8-15/h3-5,7-8,16-17H,2,6,9-14H2,1H3/t16-,17+/m0/s1. The number of hydrogen-bond donors (Lipinski definition) is 0. The largest absolute Gasteiger partial charge is 0.334 e. The molecule has 0 N–H and O–H groups in total. The summed E-state index contributed by atoms with van der Waals surface area (Å²) in [5.74, 6) is 2.45. The van der Waals surface area contributed by atoms with Crippen molar-refractivity contribution in [1.29, 1.82) is 0 Å². The van der Waals surface area contributed by atoms with Crippen LogP contribution < -0.4 is 0 Å². The smallest absolute Gasteiger partial charge is 0.223 e. The van der Waals surface area contributed by atoms with E-state index in [1.165, 1.54) is 5.56 Å². The van der Waals surface area contributed by atoms with Crippen molar-refractivity contribution in [3.63, 3.8) is 0 Å². The van der Waals surface area contributed by atoms with Crippen LogP contribution in [-0.2, 0) is 30.6 Å². The molecular weight excluding hydrogens is 312 g/mol. The Hall–Kier alpha value is -2.17. The molecule has 0 unspecified atom stereocenters. The first-order valence-electron chi connectivity index (χ1n) is 9.52. The van der Waals surface area contributed by atoms with Gasteiger partial charge in [0.1, 0.15) is 11.6 Å². The number of carbonyl (C=O) groups is 1. The van der Waals surface area contributed by atoms with Crippen LogP contribution in [0.5, 0.6) is 0 Å². The summed E-state index contributed by atoms with van der Waals surface area (Å²) in [6.45, 7) is 3.04. The number of hydrogen-bond acceptors (Lipinski definition) is 3. The van der Waals surface area contributed by atoms with E-state index >= 15 is 0 Å². The molecule has 1 fully saturated rings. The molecule has 5 nitrogen and oxygen atoms in total. The Balaban J connectivity index is 1.47. The van der Waals surface area contributed by atoms with Gasteiger partial charge in [-0.05, 0) is 31.2 Å². The van der Waals surface area contributed by atoms with Gasteiger partial charge in [0.25, 0.3) is 0 Å². The van der Waals surface area contributed by atoms with Crippen LogP contribution >= 0.6 is 0 Å². The Bertz CT molecular complexity index is 739. The van der Waals surface area contributed by atoms with Gasteiger partial charge in [-0.2, -0.15) is 0 Å². The molecule has 1 amide bonds. The van der Waals surface area contributed by atoms with E-state index in [0.717, 1.165) is 56.7 Å². The highest BCUT2D eigenvalue weighted by molar-refractivity contribution is 5.77. The summed E-state index contributed by atoms with van der Waals surface area (Å²) < 4.78 is 2.28. The van der Waals surface area contributed by atoms with Crippen LogP contribution in [-0.4, -0.2) is 37.7 Å². The Morgan fingerprint density at radius 2 is 1.92 bits per heavy atom. The number of nitrogens with zero attached hydrogens (tertiary/aromatic N) is 4. The lowest BCUT2D eigenvalue weighted by Crippen LogP contribution is -2.42. The van der Waals surface area contributed by atoms with Crippen LogP contribution in [0.1, 0.15) is 49.8 Å². The Labute approximate surface area is 149 Å². The molecule has 25 heavy (non-hydrogen) atoms. The SMILES string of the molecule is CCCc1nnc2n1C[C@H]1CC[C@@H](C2)N1C(=O)CCc1ccccc1. The summed E-state index contributed by atoms with van der Waals surface area (Å²) in [6.07, 6.45) is 6.51. The van der Waals surface area contributed by atoms with E-state index in [9.17, 15) is 4.79 Å². The van der Waals surface area contributed by atoms with Gasteiger partial charge in [0, 0.05) is 31.8 Å². The van der Waals surface area contributed by atoms with Crippen molar-refractivity contribution in [2.45, 2.75) is 70.5 Å². The van der Waals surface area contributed by atoms with Crippen LogP contribution in [0.2, 0.25) is 0 Å². The average Bonchev–Trinajstić information content (AvgIpc) is 3.14. The summed E-state index contributed by atoms with van der Waals surface area (Å²) in [4.78, 5) is 15.1. The lowest BCUT2D eigenvalue weighted by Gasteiger charge is -2.28. The number of rotatable bonds is 5. The summed E-state index contributed by atoms with van der Waals surface area (Å²) in [5, 5.41) is 8.80. The van der Waals surface area contributed by atoms with Gasteiger partial charge in [0.15, 0.2) is 0 Å². The zero-order chi connectivity index (χ0) is 17.2. The van der Waals surface area contributed by atoms with E-state index in [-0.39, 0.29) is 0 Å². The Kier molecular flexibility index (Phi) is 4.55. The number of carbonyl (C=O) groups excluding carboxylic acids is 1. The van der Waals surface area contributed by atoms with E-state index < -0.39 is 0 Å². The zero-order valence-electron chi connectivity index (χ0n) is 14.9. The molecule has 2 aliphatic heterocycles. The molecule has 2 aromatic rings. The second-order valence-corrected chi connectivity index (χ2v) is 7.27. The predicted molar refractivity (Wildman–Crippen MR) is 96.1 cm³/mol. The maximum atomic E-state index is 12.9. The number of fused-ring (bicyclic) bond motifs is 3. The molecule has 2 atom stereocenters. The summed E-state index contributed by atoms with van der Waals surface area (Å²) in [5.41, 5.74) is 1.24. The maximum Gasteiger partial charge on any atom is 0.223 e. The monoisotopic (exact) mass is 338 g/mol. The van der Waals surface area contributed by atoms with E-state index in [0.29, 0.717) is 24.4 Å². The van der Waals surface area contributed by atoms with Gasteiger partial charge in [0.05, 0.1) is 6.04 Å². The molecule has 1 saturated heterocycles. The molecule has 0 aliphatic carbocycles. The minimum Gasteiger partial charge on any atom is -0.334 e. The third kappa shape index (κ3) is 3.20. The first-order valence-corrected chi connectivity index (χ1v) is 9.52. The second kappa shape index (κ2) is 6.98. The van der Waals surface area contributed by atoms with Gasteiger partial charge >= 0.3 is 0 Å². The predicted octanol–water partition coefficient (Wildman–Crippen LogP) is 2.78. The van der Waals surface area contributed by atoms with Crippen molar-refractivity contribution in [3.05, 3.63) is 47.5 Å². The van der Waals surface area contributed by atoms with Crippen LogP contribution in [0.25, 0.3) is 0 Å². The highest BCUT2D eigenvalue weighted by Crippen LogP contribution is 2.32. The molecular formula is C20H26N4O. The molecule has 0 spiro atoms. The molecule has 1 aromatic carbocycles. The molecule has 2 bridgehead atoms. The van der Waals surface area contributed by atoms with Crippen LogP contribution in [0.3, 0.4) is 0 Å². The summed E-state index contributed by atoms with van der Waals surface area (Å²) in [7, 11) is 0. The van der Waals surface area contributed by atoms with Crippen molar-refractivity contribution in [2.24, 2.45) is 0 Å². The fourth-order valence-electron chi connectivity index (χ4n) is 4.34. The minimum atomic E-state index is 0.298. The molecule has 132 valence electrons. The lowest BCUT2D eigenvalue weighted by molar-refractivity contribution is -0.134. The Morgan fingerprint density at radius 3 is 2.72 bits per heavy atom. The van der Waals surface area contributed by atoms with Crippen LogP contribution in [0, 0.1) is 0 Å². The van der Waals surface area contributed by atoms with Crippen molar-refractivity contribution in [2.75, 3.05) is 0 Å². The number of aryl methyl sites for hydroxylation is 2. The second-order valence-electron chi connectivity index (χ2n) is 7.27. The fourth-order valence-corrected chi connectivity index (χ4v) is 4.34. The molecule has 5 heteroatoms. The van der Waals surface area contributed by atoms with Crippen LogP contribution in [0.15, 0.2) is 30.3 Å². The van der Waals surface area contributed by atoms with Gasteiger partial charge in [-0.25, -0.2) is 0 Å². The normalized spacial score (nSPS) is 21.9. The van der Waals surface area contributed by atoms with Crippen molar-refractivity contribution >= 4 is 5.91 Å². The van der Waals surface area contributed by atoms with Gasteiger partial charge in [-0.1, -0.05) is 37.3 Å². The molecule has 3 heterocycles. The zero-order valence-corrected chi connectivity index (χ0v) is 14.9. The highest BCUT2D eigenvalue weighted by Gasteiger charge is 2.40. The fraction of sp³-hybridized carbons (Fsp3) is 0.550. The minimum absolute atomic E-state index is 0.298. The summed E-state index contributed by atoms with van der Waals surface area (Å²) in [6, 6.07) is 10.9. The van der Waals surface area contributed by atoms with E-state index in [1.54, 1.807) is 0 Å². The maximum absolute atomic E-state index is 12.9. The quantitative estimate of drug-likeness (QED) is 0.842. The lowest BCUT2D eigenvalue weighted by atomic mass is 10.1. The first-order chi connectivity index (χ1) is 12.3. The number of amides is 1.